The zero-order valence-electron chi connectivity index (χ0n) is 19.6. The zero-order chi connectivity index (χ0) is 26.6. The molecule has 36 heavy (non-hydrogen) atoms. The number of hydrogen-bond acceptors (Lipinski definition) is 8. The van der Waals surface area contributed by atoms with Crippen LogP contribution in [0.1, 0.15) is 21.6 Å². The number of methoxy groups -OCH3 is 1. The molecule has 1 heterocycles. The number of aliphatic hydroxyl groups is 4. The van der Waals surface area contributed by atoms with E-state index in [0.29, 0.717) is 38.5 Å². The molecule has 0 spiro atoms. The number of aldehydes is 1. The van der Waals surface area contributed by atoms with E-state index < -0.39 is 36.9 Å². The van der Waals surface area contributed by atoms with E-state index in [1.807, 2.05) is 0 Å². The highest BCUT2D eigenvalue weighted by atomic mass is 35.5. The number of amides is 1. The number of carbonyl (C=O) groups is 3. The minimum Gasteiger partial charge on any atom is -0.497 e. The third kappa shape index (κ3) is 5.58. The second kappa shape index (κ2) is 11.6. The number of aliphatic hydroxyl groups excluding tert-OH is 4. The van der Waals surface area contributed by atoms with Crippen LogP contribution in [-0.2, 0) is 16.0 Å². The molecular formula is C25H27ClN2O8. The Balaban J connectivity index is 1.97. The molecule has 0 radical (unpaired) electrons. The lowest BCUT2D eigenvalue weighted by Gasteiger charge is -2.26. The summed E-state index contributed by atoms with van der Waals surface area (Å²) in [5.74, 6) is -0.517. The quantitative estimate of drug-likeness (QED) is 0.244. The highest BCUT2D eigenvalue weighted by molar-refractivity contribution is 6.30. The number of nitrogens with zero attached hydrogens (tertiary/aromatic N) is 1. The first-order valence-electron chi connectivity index (χ1n) is 11.0. The fourth-order valence-electron chi connectivity index (χ4n) is 3.94. The summed E-state index contributed by atoms with van der Waals surface area (Å²) < 4.78 is 6.77. The fraction of sp³-hybridized carbons (Fsp3) is 0.320. The molecule has 3 rings (SSSR count). The molecule has 1 aromatic heterocycles. The van der Waals surface area contributed by atoms with Gasteiger partial charge in [-0.05, 0) is 55.0 Å². The Morgan fingerprint density at radius 3 is 2.36 bits per heavy atom. The molecule has 0 fully saturated rings. The van der Waals surface area contributed by atoms with Gasteiger partial charge in [0.1, 0.15) is 36.4 Å². The van der Waals surface area contributed by atoms with Crippen LogP contribution >= 0.6 is 11.6 Å². The van der Waals surface area contributed by atoms with Crippen molar-refractivity contribution in [3.8, 4) is 5.75 Å². The Morgan fingerprint density at radius 1 is 1.11 bits per heavy atom. The lowest BCUT2D eigenvalue weighted by molar-refractivity contribution is -0.130. The van der Waals surface area contributed by atoms with Gasteiger partial charge in [-0.3, -0.25) is 14.2 Å². The fourth-order valence-corrected chi connectivity index (χ4v) is 4.07. The molecule has 10 nitrogen and oxygen atoms in total. The third-order valence-electron chi connectivity index (χ3n) is 5.95. The van der Waals surface area contributed by atoms with Gasteiger partial charge in [0, 0.05) is 21.7 Å². The van der Waals surface area contributed by atoms with Crippen LogP contribution < -0.4 is 10.1 Å². The van der Waals surface area contributed by atoms with Crippen LogP contribution in [0, 0.1) is 6.92 Å². The maximum atomic E-state index is 13.4. The van der Waals surface area contributed by atoms with E-state index >= 15 is 0 Å². The van der Waals surface area contributed by atoms with Crippen molar-refractivity contribution in [1.82, 2.24) is 9.88 Å². The average molecular weight is 519 g/mol. The van der Waals surface area contributed by atoms with Gasteiger partial charge in [0.25, 0.3) is 5.91 Å². The van der Waals surface area contributed by atoms with Crippen LogP contribution in [0.25, 0.3) is 10.9 Å². The summed E-state index contributed by atoms with van der Waals surface area (Å²) in [6, 6.07) is 9.89. The number of fused-ring (bicyclic) bond motifs is 1. The van der Waals surface area contributed by atoms with Gasteiger partial charge in [-0.1, -0.05) is 11.6 Å². The van der Waals surface area contributed by atoms with Crippen LogP contribution in [0.5, 0.6) is 5.75 Å². The van der Waals surface area contributed by atoms with Crippen molar-refractivity contribution in [2.45, 2.75) is 37.7 Å². The van der Waals surface area contributed by atoms with Crippen LogP contribution in [0.4, 0.5) is 0 Å². The van der Waals surface area contributed by atoms with Crippen LogP contribution in [0.2, 0.25) is 5.02 Å². The predicted octanol–water partition coefficient (Wildman–Crippen LogP) is 0.601. The van der Waals surface area contributed by atoms with Crippen LogP contribution in [-0.4, -0.2) is 81.2 Å². The smallest absolute Gasteiger partial charge is 0.262 e. The summed E-state index contributed by atoms with van der Waals surface area (Å²) in [5.41, 5.74) is 1.88. The van der Waals surface area contributed by atoms with Crippen molar-refractivity contribution in [3.05, 3.63) is 64.3 Å². The molecule has 0 bridgehead atoms. The SMILES string of the molecule is COc1ccc2c(c1)c(CC(=O)NC(C=O)[C@H](O)[C@H](O)[C@@H](O)CO)c(C)n2C(=O)c1ccc(Cl)cc1. The molecule has 1 amide bonds. The molecule has 0 saturated carbocycles. The highest BCUT2D eigenvalue weighted by Gasteiger charge is 2.32. The lowest BCUT2D eigenvalue weighted by Crippen LogP contribution is -2.53. The summed E-state index contributed by atoms with van der Waals surface area (Å²) >= 11 is 5.94. The van der Waals surface area contributed by atoms with Gasteiger partial charge in [0.05, 0.1) is 25.7 Å². The Bertz CT molecular complexity index is 1260. The third-order valence-corrected chi connectivity index (χ3v) is 6.20. The van der Waals surface area contributed by atoms with E-state index in [1.54, 1.807) is 49.4 Å². The lowest BCUT2D eigenvalue weighted by atomic mass is 10.0. The van der Waals surface area contributed by atoms with E-state index in [1.165, 1.54) is 11.7 Å². The summed E-state index contributed by atoms with van der Waals surface area (Å²) in [6.45, 7) is 0.830. The Hall–Kier alpha value is -3.28. The van der Waals surface area contributed by atoms with E-state index in [4.69, 9.17) is 21.4 Å². The normalized spacial score (nSPS) is 14.6. The molecule has 0 aliphatic carbocycles. The summed E-state index contributed by atoms with van der Waals surface area (Å²) in [6.07, 6.45) is -5.48. The van der Waals surface area contributed by atoms with Gasteiger partial charge in [-0.2, -0.15) is 0 Å². The van der Waals surface area contributed by atoms with E-state index in [0.717, 1.165) is 0 Å². The van der Waals surface area contributed by atoms with Crippen molar-refractivity contribution < 1.29 is 39.5 Å². The monoisotopic (exact) mass is 518 g/mol. The minimum atomic E-state index is -1.87. The van der Waals surface area contributed by atoms with Gasteiger partial charge >= 0.3 is 0 Å². The standard InChI is InChI=1S/C25H27ClN2O8/c1-13-17(10-22(32)27-19(11-29)23(33)24(34)21(31)12-30)18-9-16(36-2)7-8-20(18)28(13)25(35)14-3-5-15(26)6-4-14/h3-9,11,19,21,23-24,30-31,33-34H,10,12H2,1-2H3,(H,27,32)/t19?,21-,23-,24+/m0/s1. The highest BCUT2D eigenvalue weighted by Crippen LogP contribution is 2.31. The first kappa shape index (κ1) is 27.3. The number of benzene rings is 2. The molecule has 0 saturated heterocycles. The number of ether oxygens (including phenoxy) is 1. The van der Waals surface area contributed by atoms with Gasteiger partial charge in [-0.25, -0.2) is 0 Å². The van der Waals surface area contributed by atoms with Gasteiger partial charge in [0.15, 0.2) is 0 Å². The first-order chi connectivity index (χ1) is 17.1. The number of hydrogen-bond donors (Lipinski definition) is 5. The van der Waals surface area contributed by atoms with Crippen molar-refractivity contribution in [3.63, 3.8) is 0 Å². The maximum absolute atomic E-state index is 13.4. The number of aromatic nitrogens is 1. The molecule has 0 aliphatic rings. The van der Waals surface area contributed by atoms with Gasteiger partial charge < -0.3 is 35.3 Å². The first-order valence-corrected chi connectivity index (χ1v) is 11.4. The number of carbonyl (C=O) groups excluding carboxylic acids is 3. The van der Waals surface area contributed by atoms with Crippen LogP contribution in [0.15, 0.2) is 42.5 Å². The summed E-state index contributed by atoms with van der Waals surface area (Å²) in [5, 5.41) is 41.9. The van der Waals surface area contributed by atoms with Crippen LogP contribution in [0.3, 0.4) is 0 Å². The van der Waals surface area contributed by atoms with Crippen molar-refractivity contribution >= 4 is 40.6 Å². The van der Waals surface area contributed by atoms with E-state index in [9.17, 15) is 29.7 Å². The number of nitrogens with one attached hydrogen (secondary N) is 1. The number of rotatable bonds is 10. The molecule has 11 heteroatoms. The second-order valence-corrected chi connectivity index (χ2v) is 8.67. The molecular weight excluding hydrogens is 492 g/mol. The predicted molar refractivity (Wildman–Crippen MR) is 131 cm³/mol. The molecule has 3 aromatic rings. The molecule has 192 valence electrons. The Labute approximate surface area is 211 Å². The van der Waals surface area contributed by atoms with Crippen molar-refractivity contribution in [1.29, 1.82) is 0 Å². The molecule has 1 unspecified atom stereocenters. The number of halogens is 1. The molecule has 4 atom stereocenters. The topological polar surface area (TPSA) is 158 Å². The summed E-state index contributed by atoms with van der Waals surface area (Å²) in [7, 11) is 1.48. The average Bonchev–Trinajstić information content (AvgIpc) is 3.15. The van der Waals surface area contributed by atoms with Gasteiger partial charge in [-0.15, -0.1) is 0 Å². The Kier molecular flexibility index (Phi) is 8.83. The Morgan fingerprint density at radius 2 is 1.78 bits per heavy atom. The molecule has 0 aliphatic heterocycles. The second-order valence-electron chi connectivity index (χ2n) is 8.23. The van der Waals surface area contributed by atoms with Crippen molar-refractivity contribution in [2.24, 2.45) is 0 Å². The van der Waals surface area contributed by atoms with Gasteiger partial charge in [0.2, 0.25) is 5.91 Å². The zero-order valence-corrected chi connectivity index (χ0v) is 20.3. The summed E-state index contributed by atoms with van der Waals surface area (Å²) in [4.78, 5) is 37.7. The molecule has 2 aromatic carbocycles. The van der Waals surface area contributed by atoms with E-state index in [-0.39, 0.29) is 18.6 Å². The maximum Gasteiger partial charge on any atom is 0.262 e. The van der Waals surface area contributed by atoms with Crippen molar-refractivity contribution in [2.75, 3.05) is 13.7 Å². The minimum absolute atomic E-state index is 0.221. The van der Waals surface area contributed by atoms with E-state index in [2.05, 4.69) is 5.32 Å². The molecule has 5 N–H and O–H groups in total. The largest absolute Gasteiger partial charge is 0.497 e.